The first-order chi connectivity index (χ1) is 10.6. The number of rotatable bonds is 4. The minimum atomic E-state index is 0.544. The van der Waals surface area contributed by atoms with Crippen LogP contribution >= 0.6 is 11.6 Å². The summed E-state index contributed by atoms with van der Waals surface area (Å²) in [7, 11) is 0. The van der Waals surface area contributed by atoms with Crippen molar-refractivity contribution >= 4 is 23.4 Å². The molecule has 22 heavy (non-hydrogen) atoms. The van der Waals surface area contributed by atoms with Crippen LogP contribution in [0.15, 0.2) is 42.6 Å². The van der Waals surface area contributed by atoms with Gasteiger partial charge in [0, 0.05) is 17.3 Å². The van der Waals surface area contributed by atoms with Crippen molar-refractivity contribution < 1.29 is 9.53 Å². The summed E-state index contributed by atoms with van der Waals surface area (Å²) >= 11 is 6.26. The summed E-state index contributed by atoms with van der Waals surface area (Å²) in [6, 6.07) is 11.6. The van der Waals surface area contributed by atoms with Gasteiger partial charge in [-0.2, -0.15) is 0 Å². The van der Waals surface area contributed by atoms with Crippen molar-refractivity contribution in [2.75, 3.05) is 6.61 Å². The maximum absolute atomic E-state index is 11.6. The molecule has 0 unspecified atom stereocenters. The lowest BCUT2D eigenvalue weighted by molar-refractivity contribution is 0.111. The number of aldehydes is 1. The highest BCUT2D eigenvalue weighted by Gasteiger charge is 2.13. The van der Waals surface area contributed by atoms with E-state index in [9.17, 15) is 4.79 Å². The zero-order valence-corrected chi connectivity index (χ0v) is 13.2. The number of carbonyl (C=O) groups excluding carboxylic acids is 1. The Hall–Kier alpha value is -2.26. The molecule has 4 heteroatoms. The lowest BCUT2D eigenvalue weighted by Crippen LogP contribution is -1.94. The lowest BCUT2D eigenvalue weighted by atomic mass is 10.1. The van der Waals surface area contributed by atoms with E-state index in [2.05, 4.69) is 0 Å². The Morgan fingerprint density at radius 2 is 2.05 bits per heavy atom. The van der Waals surface area contributed by atoms with Crippen LogP contribution in [-0.4, -0.2) is 17.3 Å². The predicted molar refractivity (Wildman–Crippen MR) is 89.1 cm³/mol. The Kier molecular flexibility index (Phi) is 3.90. The molecule has 112 valence electrons. The van der Waals surface area contributed by atoms with Crippen molar-refractivity contribution in [3.05, 3.63) is 58.9 Å². The van der Waals surface area contributed by atoms with Crippen molar-refractivity contribution in [3.8, 4) is 16.9 Å². The van der Waals surface area contributed by atoms with Gasteiger partial charge >= 0.3 is 0 Å². The molecule has 0 amide bonds. The van der Waals surface area contributed by atoms with E-state index in [4.69, 9.17) is 16.3 Å². The van der Waals surface area contributed by atoms with Crippen LogP contribution in [0.3, 0.4) is 0 Å². The van der Waals surface area contributed by atoms with E-state index in [0.29, 0.717) is 23.1 Å². The fourth-order valence-corrected chi connectivity index (χ4v) is 2.82. The molecule has 3 nitrogen and oxygen atoms in total. The molecule has 0 radical (unpaired) electrons. The van der Waals surface area contributed by atoms with Gasteiger partial charge in [0.15, 0.2) is 6.29 Å². The average molecular weight is 314 g/mol. The smallest absolute Gasteiger partial charge is 0.167 e. The molecule has 1 aromatic carbocycles. The minimum absolute atomic E-state index is 0.544. The van der Waals surface area contributed by atoms with Crippen LogP contribution in [0, 0.1) is 6.92 Å². The predicted octanol–water partition coefficient (Wildman–Crippen LogP) is 4.78. The van der Waals surface area contributed by atoms with E-state index >= 15 is 0 Å². The highest BCUT2D eigenvalue weighted by atomic mass is 35.5. The van der Waals surface area contributed by atoms with Gasteiger partial charge < -0.3 is 9.14 Å². The van der Waals surface area contributed by atoms with E-state index in [1.165, 1.54) is 0 Å². The molecule has 0 aliphatic carbocycles. The van der Waals surface area contributed by atoms with Gasteiger partial charge in [0.1, 0.15) is 5.75 Å². The molecule has 2 heterocycles. The number of hydrogen-bond acceptors (Lipinski definition) is 2. The van der Waals surface area contributed by atoms with Gasteiger partial charge in [-0.05, 0) is 49.2 Å². The molecule has 0 aliphatic rings. The minimum Gasteiger partial charge on any atom is -0.492 e. The summed E-state index contributed by atoms with van der Waals surface area (Å²) in [6.45, 7) is 4.48. The average Bonchev–Trinajstić information content (AvgIpc) is 2.87. The lowest BCUT2D eigenvalue weighted by Gasteiger charge is -2.07. The second kappa shape index (κ2) is 5.85. The monoisotopic (exact) mass is 313 g/mol. The molecule has 0 atom stereocenters. The quantitative estimate of drug-likeness (QED) is 0.649. The molecule has 0 bridgehead atoms. The van der Waals surface area contributed by atoms with E-state index < -0.39 is 0 Å². The van der Waals surface area contributed by atoms with Gasteiger partial charge in [-0.1, -0.05) is 23.7 Å². The number of aromatic nitrogens is 1. The Bertz CT molecular complexity index is 852. The second-order valence-electron chi connectivity index (χ2n) is 5.14. The van der Waals surface area contributed by atoms with Crippen molar-refractivity contribution in [2.24, 2.45) is 0 Å². The Morgan fingerprint density at radius 1 is 1.23 bits per heavy atom. The maximum atomic E-state index is 11.6. The fraction of sp³-hybridized carbons (Fsp3) is 0.167. The van der Waals surface area contributed by atoms with E-state index in [0.717, 1.165) is 28.5 Å². The zero-order chi connectivity index (χ0) is 15.7. The topological polar surface area (TPSA) is 30.7 Å². The van der Waals surface area contributed by atoms with Crippen molar-refractivity contribution in [2.45, 2.75) is 13.8 Å². The number of ether oxygens (including phenoxy) is 1. The molecule has 0 spiro atoms. The highest BCUT2D eigenvalue weighted by molar-refractivity contribution is 6.32. The highest BCUT2D eigenvalue weighted by Crippen LogP contribution is 2.33. The van der Waals surface area contributed by atoms with Crippen LogP contribution in [0.2, 0.25) is 5.02 Å². The summed E-state index contributed by atoms with van der Waals surface area (Å²) in [5, 5.41) is 0.544. The third-order valence-corrected chi connectivity index (χ3v) is 3.91. The van der Waals surface area contributed by atoms with Crippen LogP contribution in [-0.2, 0) is 0 Å². The van der Waals surface area contributed by atoms with E-state index in [1.54, 1.807) is 0 Å². The van der Waals surface area contributed by atoms with E-state index in [-0.39, 0.29) is 0 Å². The van der Waals surface area contributed by atoms with Crippen LogP contribution in [0.4, 0.5) is 0 Å². The van der Waals surface area contributed by atoms with Gasteiger partial charge in [0.2, 0.25) is 0 Å². The Morgan fingerprint density at radius 3 is 2.73 bits per heavy atom. The molecular weight excluding hydrogens is 298 g/mol. The van der Waals surface area contributed by atoms with Gasteiger partial charge in [-0.3, -0.25) is 4.79 Å². The number of carbonyl (C=O) groups is 1. The maximum Gasteiger partial charge on any atom is 0.167 e. The molecule has 0 saturated heterocycles. The van der Waals surface area contributed by atoms with Crippen LogP contribution in [0.5, 0.6) is 5.75 Å². The molecule has 0 saturated carbocycles. The molecule has 3 aromatic rings. The van der Waals surface area contributed by atoms with Crippen LogP contribution in [0.25, 0.3) is 16.6 Å². The van der Waals surface area contributed by atoms with Crippen LogP contribution < -0.4 is 4.74 Å². The summed E-state index contributed by atoms with van der Waals surface area (Å²) in [5.74, 6) is 0.653. The molecule has 3 rings (SSSR count). The first kappa shape index (κ1) is 14.7. The van der Waals surface area contributed by atoms with Crippen molar-refractivity contribution in [1.29, 1.82) is 0 Å². The Balaban J connectivity index is 2.17. The standard InChI is InChI=1S/C18H16ClNO2/c1-3-22-18-7-5-13(8-16(18)19)15-9-14-6-4-12(2)10-20(14)17(15)11-21/h4-11H,3H2,1-2H3. The number of pyridine rings is 1. The third-order valence-electron chi connectivity index (χ3n) is 3.61. The second-order valence-corrected chi connectivity index (χ2v) is 5.55. The summed E-state index contributed by atoms with van der Waals surface area (Å²) in [6.07, 6.45) is 2.84. The third kappa shape index (κ3) is 2.48. The molecular formula is C18H16ClNO2. The SMILES string of the molecule is CCOc1ccc(-c2cc3ccc(C)cn3c2C=O)cc1Cl. The zero-order valence-electron chi connectivity index (χ0n) is 12.5. The number of hydrogen-bond donors (Lipinski definition) is 0. The Labute approximate surface area is 134 Å². The van der Waals surface area contributed by atoms with Crippen LogP contribution in [0.1, 0.15) is 23.0 Å². The van der Waals surface area contributed by atoms with Gasteiger partial charge in [0.05, 0.1) is 17.3 Å². The molecule has 2 aromatic heterocycles. The summed E-state index contributed by atoms with van der Waals surface area (Å²) in [4.78, 5) is 11.6. The number of nitrogens with zero attached hydrogens (tertiary/aromatic N) is 1. The fourth-order valence-electron chi connectivity index (χ4n) is 2.59. The van der Waals surface area contributed by atoms with Gasteiger partial charge in [-0.15, -0.1) is 0 Å². The van der Waals surface area contributed by atoms with Gasteiger partial charge in [0.25, 0.3) is 0 Å². The van der Waals surface area contributed by atoms with Gasteiger partial charge in [-0.25, -0.2) is 0 Å². The number of fused-ring (bicyclic) bond motifs is 1. The first-order valence-corrected chi connectivity index (χ1v) is 7.51. The number of halogens is 1. The normalized spacial score (nSPS) is 10.9. The largest absolute Gasteiger partial charge is 0.492 e. The first-order valence-electron chi connectivity index (χ1n) is 7.13. The molecule has 0 fully saturated rings. The van der Waals surface area contributed by atoms with E-state index in [1.807, 2.05) is 60.8 Å². The molecule has 0 aliphatic heterocycles. The number of aryl methyl sites for hydroxylation is 1. The summed E-state index contributed by atoms with van der Waals surface area (Å²) in [5.41, 5.74) is 4.47. The number of benzene rings is 1. The summed E-state index contributed by atoms with van der Waals surface area (Å²) < 4.78 is 7.36. The molecule has 0 N–H and O–H groups in total. The van der Waals surface area contributed by atoms with Crippen molar-refractivity contribution in [3.63, 3.8) is 0 Å². The van der Waals surface area contributed by atoms with Crippen molar-refractivity contribution in [1.82, 2.24) is 4.40 Å².